The minimum Gasteiger partial charge on any atom is -0.396 e. The molecule has 2 aromatic carbocycles. The lowest BCUT2D eigenvalue weighted by Gasteiger charge is -2.15. The van der Waals surface area contributed by atoms with Crippen LogP contribution in [-0.2, 0) is 11.3 Å². The number of rotatable bonds is 10. The van der Waals surface area contributed by atoms with Crippen molar-refractivity contribution in [3.8, 4) is 0 Å². The van der Waals surface area contributed by atoms with Crippen molar-refractivity contribution < 1.29 is 9.90 Å². The Morgan fingerprint density at radius 1 is 1.00 bits per heavy atom. The highest BCUT2D eigenvalue weighted by Crippen LogP contribution is 2.14. The van der Waals surface area contributed by atoms with Crippen LogP contribution >= 0.6 is 0 Å². The van der Waals surface area contributed by atoms with Gasteiger partial charge in [-0.05, 0) is 18.1 Å². The Morgan fingerprint density at radius 3 is 2.32 bits per heavy atom. The molecule has 0 aliphatic heterocycles. The van der Waals surface area contributed by atoms with Crippen molar-refractivity contribution in [1.29, 1.82) is 0 Å². The maximum absolute atomic E-state index is 12.0. The molecule has 6 heteroatoms. The van der Waals surface area contributed by atoms with Crippen molar-refractivity contribution in [3.05, 3.63) is 71.8 Å². The molecule has 0 radical (unpaired) electrons. The van der Waals surface area contributed by atoms with E-state index in [2.05, 4.69) is 20.9 Å². The van der Waals surface area contributed by atoms with E-state index in [1.165, 1.54) is 0 Å². The van der Waals surface area contributed by atoms with Gasteiger partial charge >= 0.3 is 0 Å². The molecule has 0 saturated heterocycles. The van der Waals surface area contributed by atoms with Crippen molar-refractivity contribution in [2.45, 2.75) is 25.8 Å². The molecule has 4 N–H and O–H groups in total. The summed E-state index contributed by atoms with van der Waals surface area (Å²) in [6.45, 7) is 4.24. The number of aliphatic hydroxyl groups excluding tert-OH is 1. The van der Waals surface area contributed by atoms with Crippen LogP contribution in [0.2, 0.25) is 0 Å². The molecule has 1 unspecified atom stereocenters. The van der Waals surface area contributed by atoms with Gasteiger partial charge in [-0.25, -0.2) is 0 Å². The standard InChI is InChI=1S/C22H30N4O2/c1-2-23-22(26-16-20(17-27)19-11-7-4-8-12-19)24-14-13-21(28)25-15-18-9-5-3-6-10-18/h3-12,20,27H,2,13-17H2,1H3,(H,25,28)(H2,23,24,26). The summed E-state index contributed by atoms with van der Waals surface area (Å²) in [6.07, 6.45) is 0.360. The zero-order valence-corrected chi connectivity index (χ0v) is 16.4. The van der Waals surface area contributed by atoms with E-state index < -0.39 is 0 Å². The molecule has 0 heterocycles. The fourth-order valence-corrected chi connectivity index (χ4v) is 2.72. The van der Waals surface area contributed by atoms with Crippen LogP contribution in [0.15, 0.2) is 65.7 Å². The van der Waals surface area contributed by atoms with Gasteiger partial charge in [-0.2, -0.15) is 0 Å². The van der Waals surface area contributed by atoms with E-state index in [9.17, 15) is 9.90 Å². The van der Waals surface area contributed by atoms with E-state index in [0.29, 0.717) is 32.0 Å². The molecule has 2 rings (SSSR count). The largest absolute Gasteiger partial charge is 0.396 e. The molecule has 0 saturated carbocycles. The van der Waals surface area contributed by atoms with E-state index in [1.54, 1.807) is 0 Å². The number of benzene rings is 2. The highest BCUT2D eigenvalue weighted by atomic mass is 16.3. The molecule has 1 amide bonds. The molecule has 150 valence electrons. The van der Waals surface area contributed by atoms with Crippen molar-refractivity contribution in [3.63, 3.8) is 0 Å². The van der Waals surface area contributed by atoms with Gasteiger partial charge in [0.15, 0.2) is 5.96 Å². The van der Waals surface area contributed by atoms with Gasteiger partial charge in [-0.15, -0.1) is 0 Å². The molecular weight excluding hydrogens is 352 g/mol. The molecule has 2 aromatic rings. The third kappa shape index (κ3) is 7.80. The van der Waals surface area contributed by atoms with Crippen LogP contribution in [0.3, 0.4) is 0 Å². The normalized spacial score (nSPS) is 12.3. The highest BCUT2D eigenvalue weighted by molar-refractivity contribution is 5.81. The van der Waals surface area contributed by atoms with Gasteiger partial charge in [-0.3, -0.25) is 9.79 Å². The fourth-order valence-electron chi connectivity index (χ4n) is 2.72. The predicted octanol–water partition coefficient (Wildman–Crippen LogP) is 2.02. The Bertz CT molecular complexity index is 720. The highest BCUT2D eigenvalue weighted by Gasteiger charge is 2.10. The molecule has 0 spiro atoms. The number of nitrogens with one attached hydrogen (secondary N) is 3. The first-order chi connectivity index (χ1) is 13.7. The molecule has 0 fully saturated rings. The SMILES string of the molecule is CCNC(=NCC(CO)c1ccccc1)NCCC(=O)NCc1ccccc1. The quantitative estimate of drug-likeness (QED) is 0.374. The van der Waals surface area contributed by atoms with E-state index >= 15 is 0 Å². The monoisotopic (exact) mass is 382 g/mol. The summed E-state index contributed by atoms with van der Waals surface area (Å²) < 4.78 is 0. The van der Waals surface area contributed by atoms with E-state index in [4.69, 9.17) is 0 Å². The average molecular weight is 383 g/mol. The first-order valence-corrected chi connectivity index (χ1v) is 9.71. The number of hydrogen-bond acceptors (Lipinski definition) is 3. The van der Waals surface area contributed by atoms with Crippen LogP contribution in [0.25, 0.3) is 0 Å². The predicted molar refractivity (Wildman–Crippen MR) is 113 cm³/mol. The van der Waals surface area contributed by atoms with Gasteiger partial charge in [0.2, 0.25) is 5.91 Å². The lowest BCUT2D eigenvalue weighted by molar-refractivity contribution is -0.121. The smallest absolute Gasteiger partial charge is 0.222 e. The third-order valence-electron chi connectivity index (χ3n) is 4.28. The number of carbonyl (C=O) groups is 1. The van der Waals surface area contributed by atoms with Gasteiger partial charge in [0.05, 0.1) is 13.2 Å². The summed E-state index contributed by atoms with van der Waals surface area (Å²) in [6, 6.07) is 19.7. The minimum absolute atomic E-state index is 0.00952. The van der Waals surface area contributed by atoms with Gasteiger partial charge in [0.25, 0.3) is 0 Å². The lowest BCUT2D eigenvalue weighted by atomic mass is 10.0. The first kappa shape index (κ1) is 21.4. The summed E-state index contributed by atoms with van der Waals surface area (Å²) in [5.41, 5.74) is 2.14. The Balaban J connectivity index is 1.78. The van der Waals surface area contributed by atoms with E-state index in [0.717, 1.165) is 17.7 Å². The number of aliphatic imine (C=N–C) groups is 1. The Morgan fingerprint density at radius 2 is 1.68 bits per heavy atom. The van der Waals surface area contributed by atoms with Gasteiger partial charge in [0, 0.05) is 32.0 Å². The van der Waals surface area contributed by atoms with Crippen molar-refractivity contribution >= 4 is 11.9 Å². The van der Waals surface area contributed by atoms with Crippen LogP contribution in [0.5, 0.6) is 0 Å². The summed E-state index contributed by atoms with van der Waals surface area (Å²) in [5.74, 6) is 0.586. The molecule has 1 atom stereocenters. The summed E-state index contributed by atoms with van der Waals surface area (Å²) >= 11 is 0. The molecule has 28 heavy (non-hydrogen) atoms. The Kier molecular flexibility index (Phi) is 9.58. The van der Waals surface area contributed by atoms with Crippen LogP contribution in [-0.4, -0.2) is 43.2 Å². The van der Waals surface area contributed by atoms with Crippen molar-refractivity contribution in [2.24, 2.45) is 4.99 Å². The topological polar surface area (TPSA) is 85.8 Å². The zero-order chi connectivity index (χ0) is 20.0. The van der Waals surface area contributed by atoms with Crippen LogP contribution in [0.1, 0.15) is 30.4 Å². The molecule has 0 aliphatic carbocycles. The number of guanidine groups is 1. The van der Waals surface area contributed by atoms with Crippen molar-refractivity contribution in [2.75, 3.05) is 26.2 Å². The number of carbonyl (C=O) groups excluding carboxylic acids is 1. The summed E-state index contributed by atoms with van der Waals surface area (Å²) in [4.78, 5) is 16.6. The maximum Gasteiger partial charge on any atom is 0.222 e. The number of amides is 1. The lowest BCUT2D eigenvalue weighted by Crippen LogP contribution is -2.39. The fraction of sp³-hybridized carbons (Fsp3) is 0.364. The second kappa shape index (κ2) is 12.5. The molecule has 0 aliphatic rings. The van der Waals surface area contributed by atoms with E-state index in [-0.39, 0.29) is 18.4 Å². The van der Waals surface area contributed by atoms with Gasteiger partial charge in [0.1, 0.15) is 0 Å². The first-order valence-electron chi connectivity index (χ1n) is 9.71. The molecule has 0 aromatic heterocycles. The van der Waals surface area contributed by atoms with Crippen molar-refractivity contribution in [1.82, 2.24) is 16.0 Å². The molecular formula is C22H30N4O2. The number of nitrogens with zero attached hydrogens (tertiary/aromatic N) is 1. The second-order valence-electron chi connectivity index (χ2n) is 6.45. The average Bonchev–Trinajstić information content (AvgIpc) is 2.74. The Labute approximate surface area is 167 Å². The summed E-state index contributed by atoms with van der Waals surface area (Å²) in [7, 11) is 0. The zero-order valence-electron chi connectivity index (χ0n) is 16.4. The molecule has 6 nitrogen and oxygen atoms in total. The number of hydrogen-bond donors (Lipinski definition) is 4. The van der Waals surface area contributed by atoms with Gasteiger partial charge in [-0.1, -0.05) is 60.7 Å². The molecule has 0 bridgehead atoms. The van der Waals surface area contributed by atoms with Crippen LogP contribution < -0.4 is 16.0 Å². The van der Waals surface area contributed by atoms with Crippen LogP contribution in [0, 0.1) is 0 Å². The van der Waals surface area contributed by atoms with E-state index in [1.807, 2.05) is 67.6 Å². The minimum atomic E-state index is -0.0502. The second-order valence-corrected chi connectivity index (χ2v) is 6.45. The van der Waals surface area contributed by atoms with Crippen LogP contribution in [0.4, 0.5) is 0 Å². The Hall–Kier alpha value is -2.86. The number of aliphatic hydroxyl groups is 1. The maximum atomic E-state index is 12.0. The summed E-state index contributed by atoms with van der Waals surface area (Å²) in [5, 5.41) is 18.9. The van der Waals surface area contributed by atoms with Gasteiger partial charge < -0.3 is 21.1 Å². The third-order valence-corrected chi connectivity index (χ3v) is 4.28.